The summed E-state index contributed by atoms with van der Waals surface area (Å²) in [5, 5.41) is 7.08. The lowest BCUT2D eigenvalue weighted by atomic mass is 10.2. The number of nitrogens with one attached hydrogen (secondary N) is 1. The van der Waals surface area contributed by atoms with E-state index in [2.05, 4.69) is 45.0 Å². The lowest BCUT2D eigenvalue weighted by molar-refractivity contribution is -0.137. The van der Waals surface area contributed by atoms with Gasteiger partial charge in [-0.25, -0.2) is 14.6 Å². The van der Waals surface area contributed by atoms with Gasteiger partial charge in [0.15, 0.2) is 0 Å². The second kappa shape index (κ2) is 10.5. The number of alkyl halides is 3. The molecule has 0 bridgehead atoms. The zero-order chi connectivity index (χ0) is 24.9. The number of hydrogen-bond acceptors (Lipinski definition) is 7. The molecule has 0 unspecified atom stereocenters. The Hall–Kier alpha value is -2.99. The van der Waals surface area contributed by atoms with E-state index in [9.17, 15) is 13.2 Å². The minimum absolute atomic E-state index is 0.00436. The van der Waals surface area contributed by atoms with Gasteiger partial charge in [-0.1, -0.05) is 19.6 Å². The van der Waals surface area contributed by atoms with Crippen molar-refractivity contribution in [3.8, 4) is 17.3 Å². The van der Waals surface area contributed by atoms with E-state index in [1.54, 1.807) is 18.3 Å². The van der Waals surface area contributed by atoms with Crippen LogP contribution in [0.2, 0.25) is 25.7 Å². The summed E-state index contributed by atoms with van der Waals surface area (Å²) < 4.78 is 53.1. The van der Waals surface area contributed by atoms with Crippen molar-refractivity contribution in [3.05, 3.63) is 42.2 Å². The van der Waals surface area contributed by atoms with Gasteiger partial charge in [0.1, 0.15) is 24.0 Å². The third-order valence-corrected chi connectivity index (χ3v) is 6.27. The van der Waals surface area contributed by atoms with Gasteiger partial charge in [0.25, 0.3) is 0 Å². The molecular weight excluding hydrogens is 465 g/mol. The van der Waals surface area contributed by atoms with Gasteiger partial charge in [0.2, 0.25) is 11.8 Å². The second-order valence-corrected chi connectivity index (χ2v) is 14.8. The van der Waals surface area contributed by atoms with Gasteiger partial charge in [-0.2, -0.15) is 18.2 Å². The molecule has 3 aromatic heterocycles. The smallest absolute Gasteiger partial charge is 0.419 e. The molecule has 0 atom stereocenters. The molecule has 0 radical (unpaired) electrons. The van der Waals surface area contributed by atoms with E-state index < -0.39 is 19.8 Å². The highest BCUT2D eigenvalue weighted by molar-refractivity contribution is 6.76. The summed E-state index contributed by atoms with van der Waals surface area (Å²) in [6, 6.07) is 6.55. The molecule has 1 N–H and O–H groups in total. The topological polar surface area (TPSA) is 87.0 Å². The number of pyridine rings is 2. The van der Waals surface area contributed by atoms with Crippen molar-refractivity contribution in [2.45, 2.75) is 58.5 Å². The first-order valence-electron chi connectivity index (χ1n) is 10.9. The predicted octanol–water partition coefficient (Wildman–Crippen LogP) is 5.60. The van der Waals surface area contributed by atoms with Crippen LogP contribution in [-0.4, -0.2) is 45.5 Å². The highest BCUT2D eigenvalue weighted by Gasteiger charge is 2.34. The summed E-state index contributed by atoms with van der Waals surface area (Å²) in [5.74, 6) is 0.522. The third kappa shape index (κ3) is 7.25. The van der Waals surface area contributed by atoms with Gasteiger partial charge in [-0.05, 0) is 44.2 Å². The summed E-state index contributed by atoms with van der Waals surface area (Å²) in [7, 11) is -1.31. The molecule has 0 fully saturated rings. The fourth-order valence-electron chi connectivity index (χ4n) is 2.86. The molecule has 3 aromatic rings. The molecule has 0 aliphatic rings. The molecule has 12 heteroatoms. The number of rotatable bonds is 10. The van der Waals surface area contributed by atoms with Gasteiger partial charge < -0.3 is 14.8 Å². The average Bonchev–Trinajstić information content (AvgIpc) is 3.13. The van der Waals surface area contributed by atoms with Crippen LogP contribution in [0.1, 0.15) is 19.4 Å². The van der Waals surface area contributed by atoms with Crippen LogP contribution >= 0.6 is 0 Å². The molecule has 34 heavy (non-hydrogen) atoms. The standard InChI is InChI=1S/C22H29F3N6O2Si/c1-15(2)33-16-8-9-18(27-13-16)20-29-21(31(30-20)14-32-11-12-34(3,4)5)28-19-17(22(23,24)25)7-6-10-26-19/h6-10,13,15H,11-12,14H2,1-5H3,(H,26,28,29,30). The van der Waals surface area contributed by atoms with E-state index in [1.807, 2.05) is 13.8 Å². The Morgan fingerprint density at radius 3 is 2.50 bits per heavy atom. The number of hydrogen-bond donors (Lipinski definition) is 1. The van der Waals surface area contributed by atoms with Crippen molar-refractivity contribution in [2.24, 2.45) is 0 Å². The zero-order valence-corrected chi connectivity index (χ0v) is 20.8. The van der Waals surface area contributed by atoms with Crippen LogP contribution in [0.4, 0.5) is 24.9 Å². The Balaban J connectivity index is 1.88. The molecular formula is C22H29F3N6O2Si. The lowest BCUT2D eigenvalue weighted by Crippen LogP contribution is -2.22. The fourth-order valence-corrected chi connectivity index (χ4v) is 3.61. The van der Waals surface area contributed by atoms with E-state index in [0.29, 0.717) is 18.1 Å². The van der Waals surface area contributed by atoms with Crippen molar-refractivity contribution >= 4 is 19.8 Å². The van der Waals surface area contributed by atoms with Crippen LogP contribution in [0.5, 0.6) is 5.75 Å². The van der Waals surface area contributed by atoms with Crippen molar-refractivity contribution < 1.29 is 22.6 Å². The van der Waals surface area contributed by atoms with Gasteiger partial charge >= 0.3 is 6.18 Å². The molecule has 0 aliphatic heterocycles. The summed E-state index contributed by atoms with van der Waals surface area (Å²) in [5.41, 5.74) is -0.462. The molecule has 184 valence electrons. The quantitative estimate of drug-likeness (QED) is 0.290. The molecule has 3 heterocycles. The van der Waals surface area contributed by atoms with E-state index in [0.717, 1.165) is 12.1 Å². The summed E-state index contributed by atoms with van der Waals surface area (Å²) in [4.78, 5) is 12.6. The Morgan fingerprint density at radius 1 is 1.12 bits per heavy atom. The number of nitrogens with zero attached hydrogens (tertiary/aromatic N) is 5. The first kappa shape index (κ1) is 25.6. The molecule has 0 saturated carbocycles. The molecule has 0 aliphatic carbocycles. The first-order valence-corrected chi connectivity index (χ1v) is 14.6. The Labute approximate surface area is 197 Å². The minimum atomic E-state index is -4.58. The van der Waals surface area contributed by atoms with E-state index >= 15 is 0 Å². The SMILES string of the molecule is CC(C)Oc1ccc(-c2nc(Nc3ncccc3C(F)(F)F)n(COCC[Si](C)(C)C)n2)nc1. The number of aromatic nitrogens is 5. The van der Waals surface area contributed by atoms with Crippen molar-refractivity contribution in [3.63, 3.8) is 0 Å². The van der Waals surface area contributed by atoms with Gasteiger partial charge in [-0.15, -0.1) is 5.10 Å². The fraction of sp³-hybridized carbons (Fsp3) is 0.455. The molecule has 0 aromatic carbocycles. The number of ether oxygens (including phenoxy) is 2. The highest BCUT2D eigenvalue weighted by atomic mass is 28.3. The highest BCUT2D eigenvalue weighted by Crippen LogP contribution is 2.34. The number of halogens is 3. The van der Waals surface area contributed by atoms with Crippen molar-refractivity contribution in [1.82, 2.24) is 24.7 Å². The van der Waals surface area contributed by atoms with Crippen LogP contribution in [0.15, 0.2) is 36.7 Å². The lowest BCUT2D eigenvalue weighted by Gasteiger charge is -2.16. The molecule has 0 saturated heterocycles. The zero-order valence-electron chi connectivity index (χ0n) is 19.8. The van der Waals surface area contributed by atoms with Crippen LogP contribution in [0.3, 0.4) is 0 Å². The van der Waals surface area contributed by atoms with Crippen LogP contribution in [-0.2, 0) is 17.6 Å². The van der Waals surface area contributed by atoms with E-state index in [1.165, 1.54) is 16.9 Å². The maximum Gasteiger partial charge on any atom is 0.419 e. The molecule has 0 amide bonds. The Bertz CT molecular complexity index is 1080. The van der Waals surface area contributed by atoms with E-state index in [-0.39, 0.29) is 30.4 Å². The summed E-state index contributed by atoms with van der Waals surface area (Å²) in [6.07, 6.45) is -1.76. The second-order valence-electron chi connectivity index (χ2n) is 9.17. The minimum Gasteiger partial charge on any atom is -0.489 e. The maximum atomic E-state index is 13.4. The first-order chi connectivity index (χ1) is 15.9. The number of anilines is 2. The van der Waals surface area contributed by atoms with E-state index in [4.69, 9.17) is 9.47 Å². The predicted molar refractivity (Wildman–Crippen MR) is 126 cm³/mol. The van der Waals surface area contributed by atoms with Gasteiger partial charge in [0.05, 0.1) is 17.9 Å². The van der Waals surface area contributed by atoms with Crippen LogP contribution < -0.4 is 10.1 Å². The van der Waals surface area contributed by atoms with Crippen molar-refractivity contribution in [2.75, 3.05) is 11.9 Å². The summed E-state index contributed by atoms with van der Waals surface area (Å²) >= 11 is 0. The average molecular weight is 495 g/mol. The van der Waals surface area contributed by atoms with Gasteiger partial charge in [-0.3, -0.25) is 0 Å². The third-order valence-electron chi connectivity index (χ3n) is 4.56. The Morgan fingerprint density at radius 2 is 1.88 bits per heavy atom. The Kier molecular flexibility index (Phi) is 7.92. The van der Waals surface area contributed by atoms with Crippen LogP contribution in [0, 0.1) is 0 Å². The largest absolute Gasteiger partial charge is 0.489 e. The van der Waals surface area contributed by atoms with Gasteiger partial charge in [0, 0.05) is 20.9 Å². The normalized spacial score (nSPS) is 12.3. The molecule has 3 rings (SSSR count). The monoisotopic (exact) mass is 494 g/mol. The molecule has 8 nitrogen and oxygen atoms in total. The maximum absolute atomic E-state index is 13.4. The van der Waals surface area contributed by atoms with Crippen LogP contribution in [0.25, 0.3) is 11.5 Å². The summed E-state index contributed by atoms with van der Waals surface area (Å²) in [6.45, 7) is 11.0. The molecule has 0 spiro atoms. The van der Waals surface area contributed by atoms with Crippen molar-refractivity contribution in [1.29, 1.82) is 0 Å².